The molecular weight excluding hydrogens is 364 g/mol. The number of carbonyl (C=O) groups is 1. The number of hydrogen-bond acceptors (Lipinski definition) is 4. The Morgan fingerprint density at radius 2 is 1.86 bits per heavy atom. The predicted octanol–water partition coefficient (Wildman–Crippen LogP) is 3.89. The Balaban J connectivity index is 1.82. The zero-order valence-corrected chi connectivity index (χ0v) is 15.1. The van der Waals surface area contributed by atoms with Gasteiger partial charge in [-0.3, -0.25) is 4.79 Å². The van der Waals surface area contributed by atoms with Crippen LogP contribution in [0.3, 0.4) is 0 Å². The van der Waals surface area contributed by atoms with Gasteiger partial charge in [-0.25, -0.2) is 13.8 Å². The molecule has 1 aliphatic carbocycles. The smallest absolute Gasteiger partial charge is 0.258 e. The van der Waals surface area contributed by atoms with Gasteiger partial charge in [-0.2, -0.15) is 0 Å². The number of hydrogen-bond donors (Lipinski definition) is 1. The van der Waals surface area contributed by atoms with Crippen LogP contribution in [0.5, 0.6) is 5.75 Å². The van der Waals surface area contributed by atoms with Crippen molar-refractivity contribution in [2.75, 3.05) is 12.8 Å². The van der Waals surface area contributed by atoms with Crippen molar-refractivity contribution in [3.8, 4) is 16.9 Å². The molecule has 3 aromatic rings. The Morgan fingerprint density at radius 3 is 2.57 bits per heavy atom. The van der Waals surface area contributed by atoms with Gasteiger partial charge in [-0.15, -0.1) is 0 Å². The molecule has 2 N–H and O–H groups in total. The van der Waals surface area contributed by atoms with Crippen LogP contribution in [0.2, 0.25) is 0 Å². The summed E-state index contributed by atoms with van der Waals surface area (Å²) >= 11 is 0. The predicted molar refractivity (Wildman–Crippen MR) is 101 cm³/mol. The number of nitrogens with zero attached hydrogens (tertiary/aromatic N) is 2. The molecule has 28 heavy (non-hydrogen) atoms. The van der Waals surface area contributed by atoms with Gasteiger partial charge in [-0.05, 0) is 37.1 Å². The molecule has 0 atom stereocenters. The molecular formula is C21H17F2N3O2. The number of ether oxygens (including phenoxy) is 1. The second-order valence-corrected chi connectivity index (χ2v) is 7.15. The van der Waals surface area contributed by atoms with Crippen LogP contribution in [0.1, 0.15) is 28.9 Å². The van der Waals surface area contributed by atoms with Crippen LogP contribution >= 0.6 is 0 Å². The summed E-state index contributed by atoms with van der Waals surface area (Å²) in [4.78, 5) is 19.1. The second-order valence-electron chi connectivity index (χ2n) is 7.15. The minimum Gasteiger partial charge on any atom is -0.496 e. The summed E-state index contributed by atoms with van der Waals surface area (Å²) < 4.78 is 34.8. The number of amides is 1. The Labute approximate surface area is 159 Å². The molecule has 2 aromatic carbocycles. The van der Waals surface area contributed by atoms with Crippen molar-refractivity contribution in [3.63, 3.8) is 0 Å². The van der Waals surface area contributed by atoms with Gasteiger partial charge in [0.2, 0.25) is 0 Å². The molecule has 5 rings (SSSR count). The van der Waals surface area contributed by atoms with E-state index in [-0.39, 0.29) is 40.0 Å². The first-order chi connectivity index (χ1) is 13.5. The SMILES string of the molecule is COc1cccc(F)c1-c1c(F)ccc2c(N)c3c(nc12)CN(C1CC1)C3=O. The van der Waals surface area contributed by atoms with E-state index in [1.54, 1.807) is 11.0 Å². The van der Waals surface area contributed by atoms with E-state index in [2.05, 4.69) is 4.98 Å². The van der Waals surface area contributed by atoms with Gasteiger partial charge in [0, 0.05) is 11.4 Å². The molecule has 0 radical (unpaired) electrons. The molecule has 1 aromatic heterocycles. The molecule has 0 saturated heterocycles. The minimum atomic E-state index is -0.633. The molecule has 1 fully saturated rings. The fourth-order valence-corrected chi connectivity index (χ4v) is 3.95. The summed E-state index contributed by atoms with van der Waals surface area (Å²) in [5.74, 6) is -1.20. The van der Waals surface area contributed by atoms with Crippen molar-refractivity contribution >= 4 is 22.5 Å². The molecule has 0 spiro atoms. The normalized spacial score (nSPS) is 16.0. The number of methoxy groups -OCH3 is 1. The highest BCUT2D eigenvalue weighted by molar-refractivity contribution is 6.11. The van der Waals surface area contributed by atoms with Crippen LogP contribution in [0.4, 0.5) is 14.5 Å². The maximum absolute atomic E-state index is 14.9. The van der Waals surface area contributed by atoms with E-state index in [9.17, 15) is 13.6 Å². The number of nitrogens with two attached hydrogens (primary N) is 1. The lowest BCUT2D eigenvalue weighted by Gasteiger charge is -2.14. The van der Waals surface area contributed by atoms with Crippen molar-refractivity contribution < 1.29 is 18.3 Å². The zero-order chi connectivity index (χ0) is 19.6. The van der Waals surface area contributed by atoms with Crippen molar-refractivity contribution in [1.29, 1.82) is 0 Å². The molecule has 2 heterocycles. The third-order valence-electron chi connectivity index (χ3n) is 5.45. The number of anilines is 1. The molecule has 1 aliphatic heterocycles. The van der Waals surface area contributed by atoms with Gasteiger partial charge < -0.3 is 15.4 Å². The highest BCUT2D eigenvalue weighted by atomic mass is 19.1. The first kappa shape index (κ1) is 16.9. The fraction of sp³-hybridized carbons (Fsp3) is 0.238. The standard InChI is InChI=1S/C21H17F2N3O2/c1-28-15-4-2-3-12(22)16(15)17-13(23)8-7-11-19(24)18-14(25-20(11)17)9-26(21(18)27)10-5-6-10/h2-4,7-8,10H,5-6,9H2,1H3,(H2,24,25). The van der Waals surface area contributed by atoms with E-state index in [1.807, 2.05) is 0 Å². The van der Waals surface area contributed by atoms with Gasteiger partial charge in [0.15, 0.2) is 0 Å². The number of nitrogen functional groups attached to an aromatic ring is 1. The average Bonchev–Trinajstić information content (AvgIpc) is 3.46. The van der Waals surface area contributed by atoms with Gasteiger partial charge in [0.25, 0.3) is 5.91 Å². The highest BCUT2D eigenvalue weighted by Crippen LogP contribution is 2.43. The van der Waals surface area contributed by atoms with Gasteiger partial charge in [0.05, 0.1) is 47.2 Å². The molecule has 2 aliphatic rings. The summed E-state index contributed by atoms with van der Waals surface area (Å²) in [5.41, 5.74) is 7.65. The summed E-state index contributed by atoms with van der Waals surface area (Å²) in [5, 5.41) is 0.423. The van der Waals surface area contributed by atoms with Crippen LogP contribution in [-0.4, -0.2) is 28.9 Å². The maximum atomic E-state index is 14.9. The summed E-state index contributed by atoms with van der Waals surface area (Å²) in [7, 11) is 1.40. The number of pyridine rings is 1. The Morgan fingerprint density at radius 1 is 1.11 bits per heavy atom. The lowest BCUT2D eigenvalue weighted by Crippen LogP contribution is -2.26. The quantitative estimate of drug-likeness (QED) is 0.747. The fourth-order valence-electron chi connectivity index (χ4n) is 3.95. The monoisotopic (exact) mass is 381 g/mol. The Bertz CT molecular complexity index is 1160. The largest absolute Gasteiger partial charge is 0.496 e. The van der Waals surface area contributed by atoms with Crippen molar-refractivity contribution in [2.45, 2.75) is 25.4 Å². The lowest BCUT2D eigenvalue weighted by atomic mass is 9.97. The number of rotatable bonds is 3. The molecule has 1 amide bonds. The van der Waals surface area contributed by atoms with E-state index < -0.39 is 11.6 Å². The second kappa shape index (κ2) is 5.89. The Kier molecular flexibility index (Phi) is 3.56. The minimum absolute atomic E-state index is 0.0108. The number of carbonyl (C=O) groups excluding carboxylic acids is 1. The van der Waals surface area contributed by atoms with Gasteiger partial charge in [0.1, 0.15) is 17.4 Å². The van der Waals surface area contributed by atoms with E-state index >= 15 is 0 Å². The van der Waals surface area contributed by atoms with Crippen LogP contribution in [-0.2, 0) is 6.54 Å². The number of halogens is 2. The van der Waals surface area contributed by atoms with Crippen LogP contribution in [0.25, 0.3) is 22.0 Å². The average molecular weight is 381 g/mol. The van der Waals surface area contributed by atoms with Crippen LogP contribution in [0.15, 0.2) is 30.3 Å². The van der Waals surface area contributed by atoms with Crippen molar-refractivity contribution in [2.24, 2.45) is 0 Å². The topological polar surface area (TPSA) is 68.5 Å². The zero-order valence-electron chi connectivity index (χ0n) is 15.1. The number of benzene rings is 2. The Hall–Kier alpha value is -3.22. The van der Waals surface area contributed by atoms with E-state index in [4.69, 9.17) is 10.5 Å². The summed E-state index contributed by atoms with van der Waals surface area (Å²) in [6.45, 7) is 0.337. The molecule has 142 valence electrons. The molecule has 0 unspecified atom stereocenters. The van der Waals surface area contributed by atoms with E-state index in [1.165, 1.54) is 31.4 Å². The van der Waals surface area contributed by atoms with Crippen molar-refractivity contribution in [1.82, 2.24) is 9.88 Å². The van der Waals surface area contributed by atoms with Gasteiger partial charge >= 0.3 is 0 Å². The molecule has 1 saturated carbocycles. The first-order valence-corrected chi connectivity index (χ1v) is 9.05. The summed E-state index contributed by atoms with van der Waals surface area (Å²) in [6, 6.07) is 7.21. The summed E-state index contributed by atoms with van der Waals surface area (Å²) in [6.07, 6.45) is 1.93. The third-order valence-corrected chi connectivity index (χ3v) is 5.45. The van der Waals surface area contributed by atoms with Gasteiger partial charge in [-0.1, -0.05) is 6.07 Å². The highest BCUT2D eigenvalue weighted by Gasteiger charge is 2.40. The maximum Gasteiger partial charge on any atom is 0.258 e. The van der Waals surface area contributed by atoms with Crippen LogP contribution in [0, 0.1) is 11.6 Å². The number of fused-ring (bicyclic) bond motifs is 2. The lowest BCUT2D eigenvalue weighted by molar-refractivity contribution is 0.0767. The van der Waals surface area contributed by atoms with E-state index in [0.29, 0.717) is 23.2 Å². The van der Waals surface area contributed by atoms with E-state index in [0.717, 1.165) is 12.8 Å². The number of aromatic nitrogens is 1. The molecule has 5 nitrogen and oxygen atoms in total. The first-order valence-electron chi connectivity index (χ1n) is 9.05. The van der Waals surface area contributed by atoms with Crippen molar-refractivity contribution in [3.05, 3.63) is 53.2 Å². The molecule has 7 heteroatoms. The third kappa shape index (κ3) is 2.28. The molecule has 0 bridgehead atoms. The van der Waals surface area contributed by atoms with Crippen LogP contribution < -0.4 is 10.5 Å².